The first-order valence-corrected chi connectivity index (χ1v) is 5.80. The lowest BCUT2D eigenvalue weighted by atomic mass is 10.1. The van der Waals surface area contributed by atoms with Crippen molar-refractivity contribution in [3.63, 3.8) is 0 Å². The van der Waals surface area contributed by atoms with Crippen LogP contribution in [0, 0.1) is 5.95 Å². The van der Waals surface area contributed by atoms with Crippen LogP contribution in [0.4, 0.5) is 4.39 Å². The number of rotatable bonds is 3. The zero-order chi connectivity index (χ0) is 12.4. The largest absolute Gasteiger partial charge is 0.488 e. The van der Waals surface area contributed by atoms with Gasteiger partial charge in [0.05, 0.1) is 6.20 Å². The van der Waals surface area contributed by atoms with E-state index in [1.54, 1.807) is 6.07 Å². The van der Waals surface area contributed by atoms with Gasteiger partial charge in [0, 0.05) is 6.42 Å². The van der Waals surface area contributed by atoms with E-state index in [2.05, 4.69) is 11.1 Å². The van der Waals surface area contributed by atoms with E-state index in [-0.39, 0.29) is 6.10 Å². The van der Waals surface area contributed by atoms with Crippen LogP contribution in [-0.2, 0) is 6.42 Å². The Bertz CT molecular complexity index is 517. The monoisotopic (exact) mass is 245 g/mol. The molecule has 0 spiro atoms. The molecule has 0 saturated carbocycles. The number of ether oxygens (including phenoxy) is 2. The molecule has 92 valence electrons. The van der Waals surface area contributed by atoms with E-state index in [1.807, 2.05) is 18.2 Å². The Morgan fingerprint density at radius 2 is 2.17 bits per heavy atom. The summed E-state index contributed by atoms with van der Waals surface area (Å²) in [5, 5.41) is 0. The second-order valence-corrected chi connectivity index (χ2v) is 4.18. The minimum absolute atomic E-state index is 0.00690. The van der Waals surface area contributed by atoms with Gasteiger partial charge >= 0.3 is 0 Å². The predicted octanol–water partition coefficient (Wildman–Crippen LogP) is 2.60. The van der Waals surface area contributed by atoms with Crippen molar-refractivity contribution in [2.75, 3.05) is 6.61 Å². The number of nitrogens with zero attached hydrogens (tertiary/aromatic N) is 1. The number of aromatic nitrogens is 1. The maximum absolute atomic E-state index is 12.6. The van der Waals surface area contributed by atoms with Gasteiger partial charge in [-0.2, -0.15) is 4.39 Å². The zero-order valence-corrected chi connectivity index (χ0v) is 9.67. The highest BCUT2D eigenvalue weighted by molar-refractivity contribution is 5.37. The normalized spacial score (nSPS) is 17.1. The van der Waals surface area contributed by atoms with Crippen molar-refractivity contribution in [2.24, 2.45) is 0 Å². The molecular weight excluding hydrogens is 233 g/mol. The summed E-state index contributed by atoms with van der Waals surface area (Å²) in [6.07, 6.45) is 2.22. The topological polar surface area (TPSA) is 31.4 Å². The lowest BCUT2D eigenvalue weighted by molar-refractivity contribution is 0.148. The molecule has 2 aromatic rings. The molecule has 1 atom stereocenters. The molecule has 0 bridgehead atoms. The molecule has 0 fully saturated rings. The van der Waals surface area contributed by atoms with Gasteiger partial charge in [0.1, 0.15) is 24.2 Å². The second kappa shape index (κ2) is 4.64. The SMILES string of the molecule is Fc1ccc(OCC2Cc3ccccc3O2)cn1. The first-order chi connectivity index (χ1) is 8.81. The van der Waals surface area contributed by atoms with Gasteiger partial charge in [0.25, 0.3) is 0 Å². The molecule has 0 amide bonds. The third kappa shape index (κ3) is 2.27. The molecule has 0 saturated heterocycles. The fourth-order valence-electron chi connectivity index (χ4n) is 1.98. The molecule has 0 N–H and O–H groups in total. The lowest BCUT2D eigenvalue weighted by Gasteiger charge is -2.11. The summed E-state index contributed by atoms with van der Waals surface area (Å²) in [5.74, 6) is 0.964. The highest BCUT2D eigenvalue weighted by atomic mass is 19.1. The first kappa shape index (κ1) is 11.0. The van der Waals surface area contributed by atoms with Crippen molar-refractivity contribution in [1.29, 1.82) is 0 Å². The fourth-order valence-corrected chi connectivity index (χ4v) is 1.98. The molecule has 3 rings (SSSR count). The molecule has 1 aliphatic rings. The number of benzene rings is 1. The quantitative estimate of drug-likeness (QED) is 0.779. The number of para-hydroxylation sites is 1. The zero-order valence-electron chi connectivity index (χ0n) is 9.67. The molecule has 0 aliphatic carbocycles. The van der Waals surface area contributed by atoms with E-state index in [1.165, 1.54) is 17.8 Å². The molecule has 1 unspecified atom stereocenters. The van der Waals surface area contributed by atoms with E-state index in [9.17, 15) is 4.39 Å². The van der Waals surface area contributed by atoms with E-state index in [0.717, 1.165) is 12.2 Å². The fraction of sp³-hybridized carbons (Fsp3) is 0.214. The Morgan fingerprint density at radius 1 is 1.28 bits per heavy atom. The lowest BCUT2D eigenvalue weighted by Crippen LogP contribution is -2.22. The average Bonchev–Trinajstić information content (AvgIpc) is 2.81. The van der Waals surface area contributed by atoms with Gasteiger partial charge < -0.3 is 9.47 Å². The molecule has 3 nitrogen and oxygen atoms in total. The molecule has 18 heavy (non-hydrogen) atoms. The van der Waals surface area contributed by atoms with Gasteiger partial charge in [0.2, 0.25) is 5.95 Å². The van der Waals surface area contributed by atoms with Crippen LogP contribution in [0.1, 0.15) is 5.56 Å². The minimum Gasteiger partial charge on any atom is -0.488 e. The van der Waals surface area contributed by atoms with Gasteiger partial charge in [-0.25, -0.2) is 4.98 Å². The summed E-state index contributed by atoms with van der Waals surface area (Å²) in [5.41, 5.74) is 1.20. The Labute approximate surface area is 104 Å². The standard InChI is InChI=1S/C14H12FNO2/c15-14-6-5-11(8-16-14)17-9-12-7-10-3-1-2-4-13(10)18-12/h1-6,8,12H,7,9H2. The van der Waals surface area contributed by atoms with Crippen LogP contribution in [0.3, 0.4) is 0 Å². The minimum atomic E-state index is -0.508. The number of hydrogen-bond acceptors (Lipinski definition) is 3. The highest BCUT2D eigenvalue weighted by Crippen LogP contribution is 2.28. The predicted molar refractivity (Wildman–Crippen MR) is 64.3 cm³/mol. The summed E-state index contributed by atoms with van der Waals surface area (Å²) in [6, 6.07) is 10.8. The van der Waals surface area contributed by atoms with Crippen molar-refractivity contribution in [2.45, 2.75) is 12.5 Å². The van der Waals surface area contributed by atoms with Crippen molar-refractivity contribution in [3.05, 3.63) is 54.1 Å². The summed E-state index contributed by atoms with van der Waals surface area (Å²) in [7, 11) is 0. The highest BCUT2D eigenvalue weighted by Gasteiger charge is 2.22. The van der Waals surface area contributed by atoms with Crippen LogP contribution in [0.5, 0.6) is 11.5 Å². The van der Waals surface area contributed by atoms with Gasteiger partial charge in [-0.05, 0) is 23.8 Å². The summed E-state index contributed by atoms with van der Waals surface area (Å²) < 4.78 is 23.9. The van der Waals surface area contributed by atoms with E-state index in [4.69, 9.17) is 9.47 Å². The van der Waals surface area contributed by atoms with E-state index >= 15 is 0 Å². The first-order valence-electron chi connectivity index (χ1n) is 5.80. The summed E-state index contributed by atoms with van der Waals surface area (Å²) in [6.45, 7) is 0.433. The Hall–Kier alpha value is -2.10. The Kier molecular flexibility index (Phi) is 2.84. The van der Waals surface area contributed by atoms with Crippen molar-refractivity contribution >= 4 is 0 Å². The average molecular weight is 245 g/mol. The van der Waals surface area contributed by atoms with Crippen molar-refractivity contribution in [1.82, 2.24) is 4.98 Å². The second-order valence-electron chi connectivity index (χ2n) is 4.18. The van der Waals surface area contributed by atoms with Gasteiger partial charge in [0.15, 0.2) is 0 Å². The molecule has 2 heterocycles. The van der Waals surface area contributed by atoms with Crippen LogP contribution < -0.4 is 9.47 Å². The maximum Gasteiger partial charge on any atom is 0.213 e. The maximum atomic E-state index is 12.6. The molecule has 0 radical (unpaired) electrons. The number of hydrogen-bond donors (Lipinski definition) is 0. The smallest absolute Gasteiger partial charge is 0.213 e. The third-order valence-electron chi connectivity index (χ3n) is 2.85. The van der Waals surface area contributed by atoms with Crippen LogP contribution in [0.25, 0.3) is 0 Å². The Balaban J connectivity index is 1.58. The van der Waals surface area contributed by atoms with Crippen LogP contribution in [0.15, 0.2) is 42.6 Å². The number of pyridine rings is 1. The van der Waals surface area contributed by atoms with Crippen LogP contribution in [-0.4, -0.2) is 17.7 Å². The third-order valence-corrected chi connectivity index (χ3v) is 2.85. The summed E-state index contributed by atoms with van der Waals surface area (Å²) in [4.78, 5) is 3.53. The van der Waals surface area contributed by atoms with Gasteiger partial charge in [-0.3, -0.25) is 0 Å². The number of fused-ring (bicyclic) bond motifs is 1. The van der Waals surface area contributed by atoms with Crippen LogP contribution >= 0.6 is 0 Å². The van der Waals surface area contributed by atoms with Crippen molar-refractivity contribution < 1.29 is 13.9 Å². The number of halogens is 1. The van der Waals surface area contributed by atoms with E-state index in [0.29, 0.717) is 12.4 Å². The molecular formula is C14H12FNO2. The van der Waals surface area contributed by atoms with Gasteiger partial charge in [-0.15, -0.1) is 0 Å². The van der Waals surface area contributed by atoms with E-state index < -0.39 is 5.95 Å². The molecule has 4 heteroatoms. The van der Waals surface area contributed by atoms with Gasteiger partial charge in [-0.1, -0.05) is 18.2 Å². The molecule has 1 aromatic heterocycles. The van der Waals surface area contributed by atoms with Crippen LogP contribution in [0.2, 0.25) is 0 Å². The summed E-state index contributed by atoms with van der Waals surface area (Å²) >= 11 is 0. The molecule has 1 aromatic carbocycles. The Morgan fingerprint density at radius 3 is 2.94 bits per heavy atom. The molecule has 1 aliphatic heterocycles. The van der Waals surface area contributed by atoms with Crippen molar-refractivity contribution in [3.8, 4) is 11.5 Å².